The second-order valence-electron chi connectivity index (χ2n) is 11.1. The zero-order valence-corrected chi connectivity index (χ0v) is 22.9. The Morgan fingerprint density at radius 1 is 0.357 bits per heavy atom. The first kappa shape index (κ1) is 23.1. The maximum atomic E-state index is 2.45. The molecule has 0 unspecified atom stereocenters. The normalized spacial score (nSPS) is 11.8. The van der Waals surface area contributed by atoms with Crippen molar-refractivity contribution in [1.29, 1.82) is 0 Å². The van der Waals surface area contributed by atoms with Gasteiger partial charge in [-0.15, -0.1) is 0 Å². The number of para-hydroxylation sites is 1. The highest BCUT2D eigenvalue weighted by atomic mass is 15.0. The Labute approximate surface area is 243 Å². The van der Waals surface area contributed by atoms with Crippen LogP contribution in [-0.4, -0.2) is 9.13 Å². The van der Waals surface area contributed by atoms with E-state index in [0.717, 1.165) is 0 Å². The van der Waals surface area contributed by atoms with Gasteiger partial charge in [0.15, 0.2) is 0 Å². The van der Waals surface area contributed by atoms with E-state index in [9.17, 15) is 0 Å². The zero-order chi connectivity index (χ0) is 27.6. The lowest BCUT2D eigenvalue weighted by Gasteiger charge is -2.11. The molecule has 0 fully saturated rings. The van der Waals surface area contributed by atoms with E-state index in [1.54, 1.807) is 0 Å². The molecule has 2 heteroatoms. The molecular formula is C40H26N2. The summed E-state index contributed by atoms with van der Waals surface area (Å²) in [5, 5.41) is 8.80. The lowest BCUT2D eigenvalue weighted by Crippen LogP contribution is -1.94. The average Bonchev–Trinajstić information content (AvgIpc) is 3.64. The summed E-state index contributed by atoms with van der Waals surface area (Å²) in [6, 6.07) is 55.2. The summed E-state index contributed by atoms with van der Waals surface area (Å²) in [6.45, 7) is 0. The van der Waals surface area contributed by atoms with E-state index >= 15 is 0 Å². The minimum atomic E-state index is 1.18. The van der Waals surface area contributed by atoms with Crippen LogP contribution in [0.3, 0.4) is 0 Å². The summed E-state index contributed by atoms with van der Waals surface area (Å²) in [7, 11) is 0. The molecule has 9 rings (SSSR count). The van der Waals surface area contributed by atoms with Gasteiger partial charge in [-0.25, -0.2) is 0 Å². The van der Waals surface area contributed by atoms with Crippen LogP contribution in [0, 0.1) is 0 Å². The Morgan fingerprint density at radius 3 is 1.95 bits per heavy atom. The molecule has 0 saturated heterocycles. The highest BCUT2D eigenvalue weighted by Gasteiger charge is 2.16. The van der Waals surface area contributed by atoms with E-state index in [0.29, 0.717) is 0 Å². The maximum absolute atomic E-state index is 2.45. The van der Waals surface area contributed by atoms with Gasteiger partial charge in [0.25, 0.3) is 0 Å². The van der Waals surface area contributed by atoms with E-state index < -0.39 is 0 Å². The Morgan fingerprint density at radius 2 is 1.07 bits per heavy atom. The first-order valence-corrected chi connectivity index (χ1v) is 14.4. The lowest BCUT2D eigenvalue weighted by atomic mass is 10.0. The molecule has 9 aromatic rings. The molecular weight excluding hydrogens is 508 g/mol. The summed E-state index contributed by atoms with van der Waals surface area (Å²) >= 11 is 0. The van der Waals surface area contributed by atoms with Crippen molar-refractivity contribution in [3.8, 4) is 22.5 Å². The van der Waals surface area contributed by atoms with Gasteiger partial charge in [-0.05, 0) is 81.9 Å². The highest BCUT2D eigenvalue weighted by molar-refractivity contribution is 6.19. The molecule has 0 spiro atoms. The van der Waals surface area contributed by atoms with E-state index in [-0.39, 0.29) is 0 Å². The SMILES string of the molecule is c1ccc(-n2ccc3cc(-c4ccc5c(c4)c4ccc6ccccc6c4n5-c4ccc5ccccc5c4)ccc32)cc1. The first-order valence-electron chi connectivity index (χ1n) is 14.4. The molecule has 196 valence electrons. The highest BCUT2D eigenvalue weighted by Crippen LogP contribution is 2.39. The summed E-state index contributed by atoms with van der Waals surface area (Å²) in [4.78, 5) is 0. The van der Waals surface area contributed by atoms with Gasteiger partial charge in [-0.2, -0.15) is 0 Å². The third-order valence-electron chi connectivity index (χ3n) is 8.70. The molecule has 0 saturated carbocycles. The van der Waals surface area contributed by atoms with Crippen molar-refractivity contribution in [2.45, 2.75) is 0 Å². The maximum Gasteiger partial charge on any atom is 0.0619 e. The van der Waals surface area contributed by atoms with Crippen LogP contribution in [0.2, 0.25) is 0 Å². The van der Waals surface area contributed by atoms with E-state index in [1.165, 1.54) is 76.8 Å². The van der Waals surface area contributed by atoms with E-state index in [1.807, 2.05) is 0 Å². The van der Waals surface area contributed by atoms with Crippen LogP contribution in [0.5, 0.6) is 0 Å². The third kappa shape index (κ3) is 3.45. The van der Waals surface area contributed by atoms with Crippen molar-refractivity contribution in [3.63, 3.8) is 0 Å². The van der Waals surface area contributed by atoms with Gasteiger partial charge in [0.2, 0.25) is 0 Å². The molecule has 2 nitrogen and oxygen atoms in total. The smallest absolute Gasteiger partial charge is 0.0619 e. The topological polar surface area (TPSA) is 9.86 Å². The quantitative estimate of drug-likeness (QED) is 0.213. The molecule has 2 heterocycles. The van der Waals surface area contributed by atoms with Crippen LogP contribution in [0.25, 0.3) is 76.8 Å². The Hall–Kier alpha value is -5.60. The number of aromatic nitrogens is 2. The van der Waals surface area contributed by atoms with Gasteiger partial charge in [0, 0.05) is 39.1 Å². The van der Waals surface area contributed by atoms with Crippen LogP contribution in [-0.2, 0) is 0 Å². The van der Waals surface area contributed by atoms with Crippen molar-refractivity contribution in [1.82, 2.24) is 9.13 Å². The van der Waals surface area contributed by atoms with Gasteiger partial charge in [-0.3, -0.25) is 0 Å². The van der Waals surface area contributed by atoms with Gasteiger partial charge in [0.1, 0.15) is 0 Å². The standard InChI is InChI=1S/C40H26N2/c1-2-11-33(12-3-1)41-23-22-32-24-30(16-20-38(32)41)31-17-21-39-37(26-31)36-19-15-28-9-6-7-13-35(28)40(36)42(39)34-18-14-27-8-4-5-10-29(27)25-34/h1-26H. The molecule has 0 amide bonds. The Balaban J connectivity index is 1.27. The molecule has 42 heavy (non-hydrogen) atoms. The van der Waals surface area contributed by atoms with Crippen molar-refractivity contribution >= 4 is 54.3 Å². The number of fused-ring (bicyclic) bond motifs is 7. The molecule has 0 aliphatic rings. The van der Waals surface area contributed by atoms with E-state index in [4.69, 9.17) is 0 Å². The second kappa shape index (κ2) is 8.95. The summed E-state index contributed by atoms with van der Waals surface area (Å²) < 4.78 is 4.71. The third-order valence-corrected chi connectivity index (χ3v) is 8.70. The predicted octanol–water partition coefficient (Wildman–Crippen LogP) is 10.7. The number of nitrogens with zero attached hydrogens (tertiary/aromatic N) is 2. The fourth-order valence-corrected chi connectivity index (χ4v) is 6.68. The van der Waals surface area contributed by atoms with Gasteiger partial charge in [0.05, 0.1) is 16.6 Å². The van der Waals surface area contributed by atoms with Crippen LogP contribution >= 0.6 is 0 Å². The van der Waals surface area contributed by atoms with Crippen molar-refractivity contribution < 1.29 is 0 Å². The largest absolute Gasteiger partial charge is 0.317 e. The molecule has 2 aromatic heterocycles. The predicted molar refractivity (Wildman–Crippen MR) is 178 cm³/mol. The first-order chi connectivity index (χ1) is 20.8. The lowest BCUT2D eigenvalue weighted by molar-refractivity contribution is 1.13. The molecule has 0 radical (unpaired) electrons. The number of rotatable bonds is 3. The molecule has 0 aliphatic carbocycles. The van der Waals surface area contributed by atoms with Crippen molar-refractivity contribution in [3.05, 3.63) is 158 Å². The summed E-state index contributed by atoms with van der Waals surface area (Å²) in [5.74, 6) is 0. The Bertz CT molecular complexity index is 2460. The van der Waals surface area contributed by atoms with Crippen molar-refractivity contribution in [2.24, 2.45) is 0 Å². The average molecular weight is 535 g/mol. The Kier molecular flexibility index (Phi) is 4.93. The summed E-state index contributed by atoms with van der Waals surface area (Å²) in [5.41, 5.74) is 8.50. The number of hydrogen-bond donors (Lipinski definition) is 0. The summed E-state index contributed by atoms with van der Waals surface area (Å²) in [6.07, 6.45) is 2.16. The number of hydrogen-bond acceptors (Lipinski definition) is 0. The van der Waals surface area contributed by atoms with Gasteiger partial charge >= 0.3 is 0 Å². The molecule has 0 N–H and O–H groups in total. The minimum absolute atomic E-state index is 1.18. The fourth-order valence-electron chi connectivity index (χ4n) is 6.68. The molecule has 7 aromatic carbocycles. The van der Waals surface area contributed by atoms with Crippen LogP contribution in [0.1, 0.15) is 0 Å². The molecule has 0 aliphatic heterocycles. The number of benzene rings is 7. The van der Waals surface area contributed by atoms with Gasteiger partial charge in [-0.1, -0.05) is 97.1 Å². The van der Waals surface area contributed by atoms with Crippen LogP contribution in [0.15, 0.2) is 158 Å². The molecule has 0 bridgehead atoms. The van der Waals surface area contributed by atoms with E-state index in [2.05, 4.69) is 167 Å². The van der Waals surface area contributed by atoms with Crippen LogP contribution in [0.4, 0.5) is 0 Å². The monoisotopic (exact) mass is 534 g/mol. The van der Waals surface area contributed by atoms with Crippen molar-refractivity contribution in [2.75, 3.05) is 0 Å². The van der Waals surface area contributed by atoms with Crippen LogP contribution < -0.4 is 0 Å². The fraction of sp³-hybridized carbons (Fsp3) is 0. The minimum Gasteiger partial charge on any atom is -0.317 e. The second-order valence-corrected chi connectivity index (χ2v) is 11.1. The zero-order valence-electron chi connectivity index (χ0n) is 22.9. The van der Waals surface area contributed by atoms with Gasteiger partial charge < -0.3 is 9.13 Å². The molecule has 0 atom stereocenters.